The maximum Gasteiger partial charge on any atom is 0.307 e. The zero-order chi connectivity index (χ0) is 16.5. The van der Waals surface area contributed by atoms with Gasteiger partial charge in [-0.05, 0) is 43.9 Å². The van der Waals surface area contributed by atoms with Crippen LogP contribution in [0.25, 0.3) is 0 Å². The van der Waals surface area contributed by atoms with Crippen LogP contribution in [0.3, 0.4) is 0 Å². The number of hydrogen-bond donors (Lipinski definition) is 1. The molecular weight excluding hydrogens is 306 g/mol. The van der Waals surface area contributed by atoms with Crippen LogP contribution < -0.4 is 4.74 Å². The average molecular weight is 327 g/mol. The summed E-state index contributed by atoms with van der Waals surface area (Å²) in [6.45, 7) is 3.94. The van der Waals surface area contributed by atoms with Crippen molar-refractivity contribution in [3.8, 4) is 5.75 Å². The molecule has 1 aliphatic heterocycles. The maximum absolute atomic E-state index is 12.9. The van der Waals surface area contributed by atoms with E-state index in [0.717, 1.165) is 5.56 Å². The van der Waals surface area contributed by atoms with Gasteiger partial charge in [-0.3, -0.25) is 4.79 Å². The molecule has 0 spiro atoms. The van der Waals surface area contributed by atoms with E-state index < -0.39 is 21.9 Å². The van der Waals surface area contributed by atoms with Gasteiger partial charge in [0.2, 0.25) is 10.0 Å². The minimum absolute atomic E-state index is 0.00807. The lowest BCUT2D eigenvalue weighted by atomic mass is 10.0. The number of carboxylic acid groups (broad SMARTS) is 1. The first-order chi connectivity index (χ1) is 10.3. The summed E-state index contributed by atoms with van der Waals surface area (Å²) in [5, 5.41) is 9.14. The quantitative estimate of drug-likeness (QED) is 0.911. The van der Waals surface area contributed by atoms with Crippen LogP contribution in [0.15, 0.2) is 17.0 Å². The number of hydrogen-bond acceptors (Lipinski definition) is 4. The second kappa shape index (κ2) is 6.26. The highest BCUT2D eigenvalue weighted by Gasteiger charge is 2.35. The Kier molecular flexibility index (Phi) is 4.77. The Bertz CT molecular complexity index is 683. The van der Waals surface area contributed by atoms with E-state index in [1.54, 1.807) is 19.1 Å². The molecule has 0 radical (unpaired) electrons. The fourth-order valence-corrected chi connectivity index (χ4v) is 4.76. The third-order valence-electron chi connectivity index (χ3n) is 3.94. The van der Waals surface area contributed by atoms with Crippen molar-refractivity contribution in [3.63, 3.8) is 0 Å². The molecule has 2 rings (SSSR count). The van der Waals surface area contributed by atoms with Crippen LogP contribution >= 0.6 is 0 Å². The van der Waals surface area contributed by atoms with Crippen molar-refractivity contribution in [3.05, 3.63) is 23.3 Å². The number of carboxylic acids is 1. The third kappa shape index (κ3) is 3.10. The van der Waals surface area contributed by atoms with Gasteiger partial charge in [0.1, 0.15) is 10.6 Å². The minimum Gasteiger partial charge on any atom is -0.495 e. The SMILES string of the molecule is COc1cc(C)cc(C)c1S(=O)(=O)N1CCCC(C(=O)O)C1. The topological polar surface area (TPSA) is 83.9 Å². The summed E-state index contributed by atoms with van der Waals surface area (Å²) in [7, 11) is -2.34. The van der Waals surface area contributed by atoms with E-state index in [1.807, 2.05) is 6.92 Å². The van der Waals surface area contributed by atoms with Crippen LogP contribution in [-0.4, -0.2) is 44.0 Å². The van der Waals surface area contributed by atoms with Crippen LogP contribution in [0.4, 0.5) is 0 Å². The van der Waals surface area contributed by atoms with Crippen molar-refractivity contribution in [1.29, 1.82) is 0 Å². The number of sulfonamides is 1. The molecule has 1 aromatic carbocycles. The Labute approximate surface area is 130 Å². The van der Waals surface area contributed by atoms with Gasteiger partial charge in [-0.15, -0.1) is 0 Å². The van der Waals surface area contributed by atoms with Gasteiger partial charge in [-0.1, -0.05) is 6.07 Å². The molecule has 1 heterocycles. The van der Waals surface area contributed by atoms with Gasteiger partial charge in [0, 0.05) is 13.1 Å². The van der Waals surface area contributed by atoms with Gasteiger partial charge in [0.25, 0.3) is 0 Å². The number of benzene rings is 1. The van der Waals surface area contributed by atoms with E-state index in [0.29, 0.717) is 30.7 Å². The molecule has 1 unspecified atom stereocenters. The van der Waals surface area contributed by atoms with Gasteiger partial charge in [-0.25, -0.2) is 8.42 Å². The molecule has 1 fully saturated rings. The maximum atomic E-state index is 12.9. The Morgan fingerprint density at radius 2 is 2.05 bits per heavy atom. The number of aryl methyl sites for hydroxylation is 2. The van der Waals surface area contributed by atoms with E-state index in [4.69, 9.17) is 9.84 Å². The number of aliphatic carboxylic acids is 1. The summed E-state index contributed by atoms with van der Waals surface area (Å²) in [6.07, 6.45) is 1.05. The Morgan fingerprint density at radius 3 is 2.64 bits per heavy atom. The van der Waals surface area contributed by atoms with Crippen LogP contribution in [0.2, 0.25) is 0 Å². The second-order valence-corrected chi connectivity index (χ2v) is 7.53. The predicted molar refractivity (Wildman–Crippen MR) is 81.6 cm³/mol. The summed E-state index contributed by atoms with van der Waals surface area (Å²) >= 11 is 0. The molecule has 0 saturated carbocycles. The van der Waals surface area contributed by atoms with Crippen LogP contribution in [0.5, 0.6) is 5.75 Å². The lowest BCUT2D eigenvalue weighted by Crippen LogP contribution is -2.42. The van der Waals surface area contributed by atoms with E-state index >= 15 is 0 Å². The first-order valence-electron chi connectivity index (χ1n) is 7.15. The van der Waals surface area contributed by atoms with Crippen molar-refractivity contribution >= 4 is 16.0 Å². The van der Waals surface area contributed by atoms with Crippen LogP contribution in [-0.2, 0) is 14.8 Å². The van der Waals surface area contributed by atoms with E-state index in [1.165, 1.54) is 11.4 Å². The molecular formula is C15H21NO5S. The molecule has 22 heavy (non-hydrogen) atoms. The molecule has 7 heteroatoms. The lowest BCUT2D eigenvalue weighted by Gasteiger charge is -2.30. The summed E-state index contributed by atoms with van der Waals surface area (Å²) in [4.78, 5) is 11.3. The van der Waals surface area contributed by atoms with Gasteiger partial charge < -0.3 is 9.84 Å². The summed E-state index contributed by atoms with van der Waals surface area (Å²) in [6, 6.07) is 3.46. The van der Waals surface area contributed by atoms with Gasteiger partial charge in [0.15, 0.2) is 0 Å². The number of carbonyl (C=O) groups is 1. The first kappa shape index (κ1) is 16.8. The molecule has 6 nitrogen and oxygen atoms in total. The minimum atomic E-state index is -3.77. The molecule has 122 valence electrons. The molecule has 1 saturated heterocycles. The molecule has 1 aromatic rings. The zero-order valence-corrected chi connectivity index (χ0v) is 13.8. The van der Waals surface area contributed by atoms with E-state index in [9.17, 15) is 13.2 Å². The number of methoxy groups -OCH3 is 1. The molecule has 1 atom stereocenters. The van der Waals surface area contributed by atoms with Gasteiger partial charge in [0.05, 0.1) is 13.0 Å². The van der Waals surface area contributed by atoms with Crippen molar-refractivity contribution < 1.29 is 23.1 Å². The molecule has 0 bridgehead atoms. The van der Waals surface area contributed by atoms with Crippen LogP contribution in [0.1, 0.15) is 24.0 Å². The van der Waals surface area contributed by atoms with Crippen molar-refractivity contribution in [2.75, 3.05) is 20.2 Å². The summed E-state index contributed by atoms with van der Waals surface area (Å²) in [5.74, 6) is -1.30. The standard InChI is InChI=1S/C15H21NO5S/c1-10-7-11(2)14(13(8-10)21-3)22(19,20)16-6-4-5-12(9-16)15(17)18/h7-8,12H,4-6,9H2,1-3H3,(H,17,18). The first-order valence-corrected chi connectivity index (χ1v) is 8.59. The summed E-state index contributed by atoms with van der Waals surface area (Å²) in [5.41, 5.74) is 1.52. The second-order valence-electron chi connectivity index (χ2n) is 5.65. The molecule has 1 N–H and O–H groups in total. The number of nitrogens with zero attached hydrogens (tertiary/aromatic N) is 1. The molecule has 0 amide bonds. The van der Waals surface area contributed by atoms with Gasteiger partial charge in [-0.2, -0.15) is 4.31 Å². The van der Waals surface area contributed by atoms with Gasteiger partial charge >= 0.3 is 5.97 Å². The predicted octanol–water partition coefficient (Wildman–Crippen LogP) is 1.80. The Hall–Kier alpha value is -1.60. The fraction of sp³-hybridized carbons (Fsp3) is 0.533. The average Bonchev–Trinajstić information content (AvgIpc) is 2.46. The number of ether oxygens (including phenoxy) is 1. The monoisotopic (exact) mass is 327 g/mol. The number of rotatable bonds is 4. The smallest absolute Gasteiger partial charge is 0.307 e. The summed E-state index contributed by atoms with van der Waals surface area (Å²) < 4.78 is 32.3. The van der Waals surface area contributed by atoms with Crippen molar-refractivity contribution in [2.45, 2.75) is 31.6 Å². The Morgan fingerprint density at radius 1 is 1.36 bits per heavy atom. The van der Waals surface area contributed by atoms with Crippen molar-refractivity contribution in [2.24, 2.45) is 5.92 Å². The lowest BCUT2D eigenvalue weighted by molar-refractivity contribution is -0.142. The highest BCUT2D eigenvalue weighted by atomic mass is 32.2. The highest BCUT2D eigenvalue weighted by Crippen LogP contribution is 2.33. The third-order valence-corrected chi connectivity index (χ3v) is 5.99. The molecule has 0 aromatic heterocycles. The molecule has 0 aliphatic carbocycles. The highest BCUT2D eigenvalue weighted by molar-refractivity contribution is 7.89. The fourth-order valence-electron chi connectivity index (χ4n) is 2.89. The zero-order valence-electron chi connectivity index (χ0n) is 13.0. The Balaban J connectivity index is 2.45. The van der Waals surface area contributed by atoms with E-state index in [2.05, 4.69) is 0 Å². The molecule has 1 aliphatic rings. The van der Waals surface area contributed by atoms with Crippen molar-refractivity contribution in [1.82, 2.24) is 4.31 Å². The van der Waals surface area contributed by atoms with Crippen LogP contribution in [0, 0.1) is 19.8 Å². The van der Waals surface area contributed by atoms with E-state index in [-0.39, 0.29) is 11.4 Å². The normalized spacial score (nSPS) is 19.9. The largest absolute Gasteiger partial charge is 0.495 e. The number of piperidine rings is 1.